The fourth-order valence-electron chi connectivity index (χ4n) is 1.00. The van der Waals surface area contributed by atoms with Crippen molar-refractivity contribution in [3.8, 4) is 0 Å². The molecule has 1 atom stereocenters. The van der Waals surface area contributed by atoms with E-state index in [0.29, 0.717) is 17.9 Å². The summed E-state index contributed by atoms with van der Waals surface area (Å²) in [5.41, 5.74) is 0.774. The number of rotatable bonds is 0. The number of aliphatic hydroxyl groups excluding tert-OH is 2. The average Bonchev–Trinajstić information content (AvgIpc) is 1.84. The molecule has 2 heteroatoms. The summed E-state index contributed by atoms with van der Waals surface area (Å²) < 4.78 is 0. The Labute approximate surface area is 60.5 Å². The van der Waals surface area contributed by atoms with Crippen molar-refractivity contribution in [1.29, 1.82) is 0 Å². The number of aliphatic hydroxyl groups is 2. The molecule has 0 spiro atoms. The lowest BCUT2D eigenvalue weighted by atomic mass is 9.95. The van der Waals surface area contributed by atoms with E-state index in [1.165, 1.54) is 0 Å². The van der Waals surface area contributed by atoms with Crippen molar-refractivity contribution in [1.82, 2.24) is 0 Å². The Morgan fingerprint density at radius 3 is 2.60 bits per heavy atom. The molecule has 1 rings (SSSR count). The topological polar surface area (TPSA) is 40.5 Å². The molecule has 1 aliphatic rings. The molecule has 1 unspecified atom stereocenters. The van der Waals surface area contributed by atoms with Gasteiger partial charge in [-0.3, -0.25) is 0 Å². The molecule has 56 valence electrons. The third-order valence-electron chi connectivity index (χ3n) is 1.82. The van der Waals surface area contributed by atoms with E-state index in [2.05, 4.69) is 0 Å². The van der Waals surface area contributed by atoms with Crippen LogP contribution < -0.4 is 0 Å². The minimum Gasteiger partial charge on any atom is -0.512 e. The fourth-order valence-corrected chi connectivity index (χ4v) is 1.00. The van der Waals surface area contributed by atoms with Crippen LogP contribution in [-0.2, 0) is 0 Å². The van der Waals surface area contributed by atoms with Gasteiger partial charge in [0.1, 0.15) is 0 Å². The van der Waals surface area contributed by atoms with Crippen LogP contribution in [0.3, 0.4) is 0 Å². The molecule has 0 amide bonds. The summed E-state index contributed by atoms with van der Waals surface area (Å²) in [6.07, 6.45) is 2.18. The first kappa shape index (κ1) is 7.19. The third kappa shape index (κ3) is 1.15. The first-order valence-corrected chi connectivity index (χ1v) is 3.40. The van der Waals surface area contributed by atoms with Gasteiger partial charge >= 0.3 is 0 Å². The highest BCUT2D eigenvalue weighted by Gasteiger charge is 2.15. The van der Waals surface area contributed by atoms with E-state index >= 15 is 0 Å². The Bertz CT molecular complexity index is 201. The molecule has 0 heterocycles. The highest BCUT2D eigenvalue weighted by atomic mass is 16.3. The van der Waals surface area contributed by atoms with Crippen LogP contribution in [0.4, 0.5) is 0 Å². The van der Waals surface area contributed by atoms with Crippen molar-refractivity contribution in [3.63, 3.8) is 0 Å². The molecule has 2 nitrogen and oxygen atoms in total. The zero-order valence-electron chi connectivity index (χ0n) is 6.26. The Morgan fingerprint density at radius 1 is 1.50 bits per heavy atom. The summed E-state index contributed by atoms with van der Waals surface area (Å²) in [5, 5.41) is 18.4. The van der Waals surface area contributed by atoms with Gasteiger partial charge in [-0.2, -0.15) is 0 Å². The third-order valence-corrected chi connectivity index (χ3v) is 1.82. The quantitative estimate of drug-likeness (QED) is 0.542. The summed E-state index contributed by atoms with van der Waals surface area (Å²) in [7, 11) is 0. The van der Waals surface area contributed by atoms with Crippen LogP contribution in [0.5, 0.6) is 0 Å². The monoisotopic (exact) mass is 140 g/mol. The van der Waals surface area contributed by atoms with Crippen LogP contribution >= 0.6 is 0 Å². The van der Waals surface area contributed by atoms with E-state index in [9.17, 15) is 10.2 Å². The summed E-state index contributed by atoms with van der Waals surface area (Å²) >= 11 is 0. The van der Waals surface area contributed by atoms with E-state index in [1.807, 2.05) is 6.92 Å². The normalized spacial score (nSPS) is 26.6. The first-order valence-electron chi connectivity index (χ1n) is 3.40. The molecular weight excluding hydrogens is 128 g/mol. The van der Waals surface area contributed by atoms with Crippen molar-refractivity contribution in [2.45, 2.75) is 20.3 Å². The van der Waals surface area contributed by atoms with Gasteiger partial charge in [0.25, 0.3) is 0 Å². The lowest BCUT2D eigenvalue weighted by molar-refractivity contribution is 0.293. The number of allylic oxidation sites excluding steroid dienone is 4. The van der Waals surface area contributed by atoms with E-state index < -0.39 is 0 Å². The highest BCUT2D eigenvalue weighted by Crippen LogP contribution is 2.25. The van der Waals surface area contributed by atoms with Gasteiger partial charge in [-0.15, -0.1) is 0 Å². The fraction of sp³-hybridized carbons (Fsp3) is 0.500. The molecule has 0 radical (unpaired) electrons. The molecule has 0 saturated heterocycles. The van der Waals surface area contributed by atoms with Crippen molar-refractivity contribution >= 4 is 0 Å². The predicted molar refractivity (Wildman–Crippen MR) is 39.8 cm³/mol. The molecule has 1 aliphatic carbocycles. The van der Waals surface area contributed by atoms with Gasteiger partial charge in [0, 0.05) is 12.3 Å². The summed E-state index contributed by atoms with van der Waals surface area (Å²) in [6, 6.07) is 0. The van der Waals surface area contributed by atoms with Gasteiger partial charge in [-0.1, -0.05) is 6.92 Å². The number of hydrogen-bond acceptors (Lipinski definition) is 2. The molecule has 10 heavy (non-hydrogen) atoms. The van der Waals surface area contributed by atoms with Gasteiger partial charge in [0.2, 0.25) is 0 Å². The van der Waals surface area contributed by atoms with Crippen LogP contribution in [0.1, 0.15) is 20.3 Å². The van der Waals surface area contributed by atoms with E-state index in [0.717, 1.165) is 5.57 Å². The highest BCUT2D eigenvalue weighted by molar-refractivity contribution is 5.27. The summed E-state index contributed by atoms with van der Waals surface area (Å²) in [5.74, 6) is 0.837. The smallest absolute Gasteiger partial charge is 0.0960 e. The van der Waals surface area contributed by atoms with Crippen LogP contribution in [0.2, 0.25) is 0 Å². The molecule has 0 bridgehead atoms. The van der Waals surface area contributed by atoms with Crippen molar-refractivity contribution in [3.05, 3.63) is 23.2 Å². The minimum atomic E-state index is 0.0729. The first-order chi connectivity index (χ1) is 4.61. The van der Waals surface area contributed by atoms with Crippen LogP contribution in [-0.4, -0.2) is 10.2 Å². The van der Waals surface area contributed by atoms with Crippen LogP contribution in [0, 0.1) is 5.92 Å². The minimum absolute atomic E-state index is 0.0729. The zero-order chi connectivity index (χ0) is 7.72. The summed E-state index contributed by atoms with van der Waals surface area (Å²) in [4.78, 5) is 0. The van der Waals surface area contributed by atoms with E-state index in [1.54, 1.807) is 13.0 Å². The largest absolute Gasteiger partial charge is 0.512 e. The standard InChI is InChI=1S/C8H12O2/c1-5-3-8(10)6(2)4-7(5)9/h3,6,9-10H,4H2,1-2H3. The van der Waals surface area contributed by atoms with Gasteiger partial charge in [-0.25, -0.2) is 0 Å². The second-order valence-electron chi connectivity index (χ2n) is 2.80. The Hall–Kier alpha value is -0.920. The molecule has 0 saturated carbocycles. The van der Waals surface area contributed by atoms with Gasteiger partial charge in [0.15, 0.2) is 0 Å². The van der Waals surface area contributed by atoms with Crippen molar-refractivity contribution < 1.29 is 10.2 Å². The molecule has 0 aromatic carbocycles. The van der Waals surface area contributed by atoms with Gasteiger partial charge in [0.05, 0.1) is 11.5 Å². The molecule has 0 aromatic heterocycles. The lowest BCUT2D eigenvalue weighted by Gasteiger charge is -2.16. The van der Waals surface area contributed by atoms with Gasteiger partial charge < -0.3 is 10.2 Å². The molecule has 0 aliphatic heterocycles. The Kier molecular flexibility index (Phi) is 1.70. The number of hydrogen-bond donors (Lipinski definition) is 2. The van der Waals surface area contributed by atoms with E-state index in [4.69, 9.17) is 0 Å². The van der Waals surface area contributed by atoms with Crippen molar-refractivity contribution in [2.24, 2.45) is 5.92 Å². The Morgan fingerprint density at radius 2 is 2.10 bits per heavy atom. The lowest BCUT2D eigenvalue weighted by Crippen LogP contribution is -2.06. The SMILES string of the molecule is CC1=C(O)CC(C)C(O)=C1. The molecule has 0 fully saturated rings. The molecule has 0 aromatic rings. The second-order valence-corrected chi connectivity index (χ2v) is 2.80. The maximum atomic E-state index is 9.19. The van der Waals surface area contributed by atoms with Gasteiger partial charge in [-0.05, 0) is 18.6 Å². The summed E-state index contributed by atoms with van der Waals surface area (Å²) in [6.45, 7) is 3.67. The van der Waals surface area contributed by atoms with Crippen LogP contribution in [0.25, 0.3) is 0 Å². The predicted octanol–water partition coefficient (Wildman–Crippen LogP) is 2.30. The van der Waals surface area contributed by atoms with E-state index in [-0.39, 0.29) is 5.92 Å². The maximum absolute atomic E-state index is 9.19. The second kappa shape index (κ2) is 2.37. The van der Waals surface area contributed by atoms with Crippen molar-refractivity contribution in [2.75, 3.05) is 0 Å². The molecular formula is C8H12O2. The van der Waals surface area contributed by atoms with Crippen LogP contribution in [0.15, 0.2) is 23.2 Å². The average molecular weight is 140 g/mol. The zero-order valence-corrected chi connectivity index (χ0v) is 6.26. The Balaban J connectivity index is 2.88. The maximum Gasteiger partial charge on any atom is 0.0960 e. The molecule has 2 N–H and O–H groups in total.